The highest BCUT2D eigenvalue weighted by atomic mass is 32.2. The summed E-state index contributed by atoms with van der Waals surface area (Å²) in [6.07, 6.45) is 6.71. The number of hydrogen-bond acceptors (Lipinski definition) is 3. The molecule has 0 radical (unpaired) electrons. The van der Waals surface area contributed by atoms with Gasteiger partial charge >= 0.3 is 0 Å². The first-order valence-corrected chi connectivity index (χ1v) is 9.93. The first-order chi connectivity index (χ1) is 11.7. The topological polar surface area (TPSA) is 49.4 Å². The molecule has 2 aliphatic heterocycles. The molecule has 1 aromatic rings. The summed E-state index contributed by atoms with van der Waals surface area (Å²) in [5.74, 6) is 1.61. The molecule has 1 saturated carbocycles. The van der Waals surface area contributed by atoms with E-state index in [2.05, 4.69) is 5.32 Å². The van der Waals surface area contributed by atoms with Gasteiger partial charge < -0.3 is 10.2 Å². The molecule has 4 nitrogen and oxygen atoms in total. The largest absolute Gasteiger partial charge is 0.342 e. The number of carbonyl (C=O) groups excluding carboxylic acids is 2. The van der Waals surface area contributed by atoms with Gasteiger partial charge in [0.15, 0.2) is 0 Å². The fourth-order valence-corrected chi connectivity index (χ4v) is 5.44. The van der Waals surface area contributed by atoms with E-state index in [0.29, 0.717) is 12.3 Å². The summed E-state index contributed by atoms with van der Waals surface area (Å²) in [4.78, 5) is 28.1. The molecule has 5 heteroatoms. The third-order valence-electron chi connectivity index (χ3n) is 5.71. The number of amides is 2. The zero-order valence-corrected chi connectivity index (χ0v) is 14.7. The average Bonchev–Trinajstić information content (AvgIpc) is 2.62. The lowest BCUT2D eigenvalue weighted by Crippen LogP contribution is -2.46. The number of thioether (sulfide) groups is 1. The van der Waals surface area contributed by atoms with Crippen LogP contribution in [0.4, 0.5) is 5.69 Å². The van der Waals surface area contributed by atoms with Crippen LogP contribution in [0.3, 0.4) is 0 Å². The van der Waals surface area contributed by atoms with Crippen molar-refractivity contribution in [1.29, 1.82) is 0 Å². The van der Waals surface area contributed by atoms with Crippen LogP contribution in [0, 0.1) is 11.8 Å². The van der Waals surface area contributed by atoms with Crippen LogP contribution in [-0.4, -0.2) is 35.1 Å². The van der Waals surface area contributed by atoms with Gasteiger partial charge in [-0.05, 0) is 36.8 Å². The number of nitrogens with zero attached hydrogens (tertiary/aromatic N) is 1. The van der Waals surface area contributed by atoms with Gasteiger partial charge in [-0.3, -0.25) is 9.59 Å². The van der Waals surface area contributed by atoms with E-state index in [1.54, 1.807) is 0 Å². The molecule has 1 saturated heterocycles. The fourth-order valence-electron chi connectivity index (χ4n) is 4.34. The van der Waals surface area contributed by atoms with Gasteiger partial charge in [-0.1, -0.05) is 31.4 Å². The van der Waals surface area contributed by atoms with Crippen LogP contribution in [0.15, 0.2) is 29.2 Å². The quantitative estimate of drug-likeness (QED) is 0.893. The Balaban J connectivity index is 1.38. The summed E-state index contributed by atoms with van der Waals surface area (Å²) < 4.78 is 0. The predicted octanol–water partition coefficient (Wildman–Crippen LogP) is 3.53. The fraction of sp³-hybridized carbons (Fsp3) is 0.579. The Labute approximate surface area is 147 Å². The number of carbonyl (C=O) groups is 2. The number of rotatable bonds is 2. The number of para-hydroxylation sites is 1. The van der Waals surface area contributed by atoms with E-state index in [4.69, 9.17) is 0 Å². The van der Waals surface area contributed by atoms with Crippen LogP contribution in [0.25, 0.3) is 0 Å². The van der Waals surface area contributed by atoms with Gasteiger partial charge in [0.2, 0.25) is 11.8 Å². The molecule has 0 unspecified atom stereocenters. The Hall–Kier alpha value is -1.49. The Morgan fingerprint density at radius 1 is 1.17 bits per heavy atom. The number of benzene rings is 1. The number of piperidine rings is 1. The van der Waals surface area contributed by atoms with Crippen LogP contribution < -0.4 is 5.32 Å². The SMILES string of the molecule is O=C1Nc2ccccc2S[C@@H]1CC(=O)N1CC[C@@H]2CCCC[C@@H]2C1. The van der Waals surface area contributed by atoms with Crippen LogP contribution in [0.2, 0.25) is 0 Å². The van der Waals surface area contributed by atoms with Crippen LogP contribution in [-0.2, 0) is 9.59 Å². The molecule has 24 heavy (non-hydrogen) atoms. The highest BCUT2D eigenvalue weighted by molar-refractivity contribution is 8.01. The summed E-state index contributed by atoms with van der Waals surface area (Å²) >= 11 is 1.52. The van der Waals surface area contributed by atoms with Crippen molar-refractivity contribution in [3.05, 3.63) is 24.3 Å². The first-order valence-electron chi connectivity index (χ1n) is 9.05. The normalized spacial score (nSPS) is 29.4. The summed E-state index contributed by atoms with van der Waals surface area (Å²) in [7, 11) is 0. The van der Waals surface area contributed by atoms with Gasteiger partial charge in [0.25, 0.3) is 0 Å². The van der Waals surface area contributed by atoms with Gasteiger partial charge in [-0.15, -0.1) is 11.8 Å². The summed E-state index contributed by atoms with van der Waals surface area (Å²) in [5, 5.41) is 2.62. The smallest absolute Gasteiger partial charge is 0.238 e. The Bertz CT molecular complexity index is 648. The van der Waals surface area contributed by atoms with Crippen LogP contribution in [0.5, 0.6) is 0 Å². The average molecular weight is 344 g/mol. The molecule has 4 rings (SSSR count). The molecular formula is C19H24N2O2S. The highest BCUT2D eigenvalue weighted by Crippen LogP contribution is 2.38. The van der Waals surface area contributed by atoms with Gasteiger partial charge in [0, 0.05) is 24.4 Å². The van der Waals surface area contributed by atoms with Gasteiger partial charge in [0.05, 0.1) is 10.9 Å². The maximum atomic E-state index is 12.7. The minimum Gasteiger partial charge on any atom is -0.342 e. The van der Waals surface area contributed by atoms with Gasteiger partial charge in [-0.2, -0.15) is 0 Å². The monoisotopic (exact) mass is 344 g/mol. The Kier molecular flexibility index (Phi) is 4.53. The van der Waals surface area contributed by atoms with E-state index in [9.17, 15) is 9.59 Å². The van der Waals surface area contributed by atoms with Crippen molar-refractivity contribution >= 4 is 29.3 Å². The third kappa shape index (κ3) is 3.18. The standard InChI is InChI=1S/C19H24N2O2S/c22-18(21-10-9-13-5-1-2-6-14(13)12-21)11-17-19(23)20-15-7-3-4-8-16(15)24-17/h3-4,7-8,13-14,17H,1-2,5-6,9-12H2,(H,20,23)/t13-,14+,17+/m0/s1. The van der Waals surface area contributed by atoms with E-state index < -0.39 is 0 Å². The number of hydrogen-bond donors (Lipinski definition) is 1. The third-order valence-corrected chi connectivity index (χ3v) is 6.99. The molecule has 2 fully saturated rings. The molecule has 2 heterocycles. The predicted molar refractivity (Wildman–Crippen MR) is 96.0 cm³/mol. The van der Waals surface area contributed by atoms with Crippen molar-refractivity contribution in [2.75, 3.05) is 18.4 Å². The molecule has 0 spiro atoms. The highest BCUT2D eigenvalue weighted by Gasteiger charge is 2.35. The molecular weight excluding hydrogens is 320 g/mol. The Morgan fingerprint density at radius 3 is 2.83 bits per heavy atom. The lowest BCUT2D eigenvalue weighted by molar-refractivity contribution is -0.135. The molecule has 3 aliphatic rings. The molecule has 0 bridgehead atoms. The molecule has 1 aliphatic carbocycles. The molecule has 1 N–H and O–H groups in total. The number of fused-ring (bicyclic) bond motifs is 2. The Morgan fingerprint density at radius 2 is 1.96 bits per heavy atom. The van der Waals surface area contributed by atoms with Crippen molar-refractivity contribution in [2.45, 2.75) is 48.7 Å². The molecule has 0 aromatic heterocycles. The van der Waals surface area contributed by atoms with E-state index in [1.807, 2.05) is 29.2 Å². The van der Waals surface area contributed by atoms with Crippen molar-refractivity contribution < 1.29 is 9.59 Å². The van der Waals surface area contributed by atoms with Crippen LogP contribution in [0.1, 0.15) is 38.5 Å². The zero-order chi connectivity index (χ0) is 16.5. The second kappa shape index (κ2) is 6.79. The second-order valence-electron chi connectivity index (χ2n) is 7.23. The molecule has 1 aromatic carbocycles. The number of anilines is 1. The maximum absolute atomic E-state index is 12.7. The maximum Gasteiger partial charge on any atom is 0.238 e. The summed E-state index contributed by atoms with van der Waals surface area (Å²) in [6.45, 7) is 1.77. The van der Waals surface area contributed by atoms with Crippen molar-refractivity contribution in [3.63, 3.8) is 0 Å². The van der Waals surface area contributed by atoms with E-state index in [0.717, 1.165) is 36.0 Å². The number of nitrogens with one attached hydrogen (secondary N) is 1. The molecule has 128 valence electrons. The van der Waals surface area contributed by atoms with Crippen molar-refractivity contribution in [1.82, 2.24) is 4.90 Å². The van der Waals surface area contributed by atoms with E-state index >= 15 is 0 Å². The minimum absolute atomic E-state index is 0.0420. The van der Waals surface area contributed by atoms with E-state index in [-0.39, 0.29) is 17.1 Å². The molecule has 3 atom stereocenters. The van der Waals surface area contributed by atoms with Gasteiger partial charge in [-0.25, -0.2) is 0 Å². The lowest BCUT2D eigenvalue weighted by Gasteiger charge is -2.41. The lowest BCUT2D eigenvalue weighted by atomic mass is 9.75. The van der Waals surface area contributed by atoms with E-state index in [1.165, 1.54) is 37.4 Å². The zero-order valence-electron chi connectivity index (χ0n) is 13.9. The van der Waals surface area contributed by atoms with Crippen molar-refractivity contribution in [2.24, 2.45) is 11.8 Å². The van der Waals surface area contributed by atoms with Crippen LogP contribution >= 0.6 is 11.8 Å². The minimum atomic E-state index is -0.309. The number of likely N-dealkylation sites (tertiary alicyclic amines) is 1. The van der Waals surface area contributed by atoms with Crippen molar-refractivity contribution in [3.8, 4) is 0 Å². The first kappa shape index (κ1) is 16.0. The second-order valence-corrected chi connectivity index (χ2v) is 8.47. The van der Waals surface area contributed by atoms with Gasteiger partial charge in [0.1, 0.15) is 0 Å². The summed E-state index contributed by atoms with van der Waals surface area (Å²) in [6, 6.07) is 7.80. The summed E-state index contributed by atoms with van der Waals surface area (Å²) in [5.41, 5.74) is 0.860. The molecule has 2 amide bonds.